The van der Waals surface area contributed by atoms with Crippen molar-refractivity contribution < 1.29 is 31.8 Å². The van der Waals surface area contributed by atoms with Gasteiger partial charge in [0, 0.05) is 12.6 Å². The molecule has 1 N–H and O–H groups in total. The van der Waals surface area contributed by atoms with Crippen LogP contribution in [0.15, 0.2) is 71.6 Å². The van der Waals surface area contributed by atoms with Gasteiger partial charge in [-0.3, -0.25) is 9.10 Å². The van der Waals surface area contributed by atoms with Gasteiger partial charge in [0.2, 0.25) is 5.91 Å². The van der Waals surface area contributed by atoms with Gasteiger partial charge in [-0.25, -0.2) is 12.8 Å². The summed E-state index contributed by atoms with van der Waals surface area (Å²) < 4.78 is 58.4. The van der Waals surface area contributed by atoms with Crippen LogP contribution >= 0.6 is 0 Å². The largest absolute Gasteiger partial charge is 0.494 e. The number of para-hydroxylation sites is 1. The number of amides is 1. The molecule has 0 aliphatic heterocycles. The van der Waals surface area contributed by atoms with Crippen LogP contribution in [-0.4, -0.2) is 48.2 Å². The van der Waals surface area contributed by atoms with E-state index in [2.05, 4.69) is 5.32 Å². The first-order valence-electron chi connectivity index (χ1n) is 11.8. The van der Waals surface area contributed by atoms with Crippen LogP contribution in [0.2, 0.25) is 0 Å². The van der Waals surface area contributed by atoms with E-state index in [0.29, 0.717) is 31.7 Å². The third-order valence-electron chi connectivity index (χ3n) is 5.55. The Balaban J connectivity index is 1.72. The number of carbonyl (C=O) groups is 1. The molecule has 37 heavy (non-hydrogen) atoms. The second-order valence-corrected chi connectivity index (χ2v) is 9.87. The number of halogens is 1. The van der Waals surface area contributed by atoms with Crippen LogP contribution in [0.3, 0.4) is 0 Å². The number of ether oxygens (including phenoxy) is 3. The lowest BCUT2D eigenvalue weighted by atomic mass is 10.1. The molecule has 0 radical (unpaired) electrons. The fourth-order valence-electron chi connectivity index (χ4n) is 3.68. The smallest absolute Gasteiger partial charge is 0.265 e. The predicted molar refractivity (Wildman–Crippen MR) is 139 cm³/mol. The topological polar surface area (TPSA) is 94.2 Å². The molecule has 0 heterocycles. The number of carbonyl (C=O) groups excluding carboxylic acids is 1. The molecule has 0 aromatic heterocycles. The molecule has 0 saturated carbocycles. The minimum absolute atomic E-state index is 0.170. The lowest BCUT2D eigenvalue weighted by Gasteiger charge is -2.25. The Hall–Kier alpha value is -3.79. The van der Waals surface area contributed by atoms with Crippen LogP contribution in [0.25, 0.3) is 0 Å². The van der Waals surface area contributed by atoms with Gasteiger partial charge in [0.15, 0.2) is 11.5 Å². The molecular weight excluding hydrogens is 499 g/mol. The third-order valence-corrected chi connectivity index (χ3v) is 7.31. The fraction of sp³-hybridized carbons (Fsp3) is 0.296. The number of aryl methyl sites for hydroxylation is 1. The molecule has 0 atom stereocenters. The predicted octanol–water partition coefficient (Wildman–Crippen LogP) is 4.19. The number of methoxy groups -OCH3 is 2. The Bertz CT molecular complexity index is 1300. The minimum Gasteiger partial charge on any atom is -0.494 e. The van der Waals surface area contributed by atoms with Gasteiger partial charge in [0.1, 0.15) is 18.1 Å². The molecule has 0 fully saturated rings. The highest BCUT2D eigenvalue weighted by Crippen LogP contribution is 2.32. The van der Waals surface area contributed by atoms with Crippen molar-refractivity contribution in [3.05, 3.63) is 78.1 Å². The van der Waals surface area contributed by atoms with Gasteiger partial charge < -0.3 is 19.5 Å². The first-order valence-corrected chi connectivity index (χ1v) is 13.2. The van der Waals surface area contributed by atoms with E-state index in [1.54, 1.807) is 0 Å². The maximum Gasteiger partial charge on any atom is 0.265 e. The summed E-state index contributed by atoms with van der Waals surface area (Å²) in [4.78, 5) is 12.6. The number of sulfonamides is 1. The molecule has 0 bridgehead atoms. The van der Waals surface area contributed by atoms with Crippen LogP contribution in [0.4, 0.5) is 10.1 Å². The third kappa shape index (κ3) is 7.13. The summed E-state index contributed by atoms with van der Waals surface area (Å²) in [6, 6.07) is 17.1. The number of benzene rings is 3. The van der Waals surface area contributed by atoms with Gasteiger partial charge in [-0.1, -0.05) is 24.3 Å². The number of hydrogen-bond donors (Lipinski definition) is 1. The Labute approximate surface area is 217 Å². The maximum absolute atomic E-state index is 14.7. The lowest BCUT2D eigenvalue weighted by molar-refractivity contribution is -0.119. The van der Waals surface area contributed by atoms with Crippen molar-refractivity contribution in [3.63, 3.8) is 0 Å². The number of nitrogens with one attached hydrogen (secondary N) is 1. The summed E-state index contributed by atoms with van der Waals surface area (Å²) in [7, 11) is -1.52. The van der Waals surface area contributed by atoms with E-state index in [1.807, 2.05) is 31.2 Å². The van der Waals surface area contributed by atoms with Crippen molar-refractivity contribution in [2.24, 2.45) is 0 Å². The van der Waals surface area contributed by atoms with Crippen LogP contribution in [0.5, 0.6) is 17.2 Å². The van der Waals surface area contributed by atoms with Gasteiger partial charge in [-0.2, -0.15) is 0 Å². The molecule has 0 spiro atoms. The van der Waals surface area contributed by atoms with E-state index >= 15 is 0 Å². The van der Waals surface area contributed by atoms with E-state index in [9.17, 15) is 17.6 Å². The molecule has 0 aliphatic rings. The minimum atomic E-state index is -4.33. The fourth-order valence-corrected chi connectivity index (χ4v) is 5.13. The van der Waals surface area contributed by atoms with Crippen LogP contribution in [0, 0.1) is 5.82 Å². The van der Waals surface area contributed by atoms with E-state index in [0.717, 1.165) is 21.7 Å². The number of nitrogens with zero attached hydrogens (tertiary/aromatic N) is 1. The summed E-state index contributed by atoms with van der Waals surface area (Å²) in [5.74, 6) is -0.00251. The molecule has 198 valence electrons. The Morgan fingerprint density at radius 1 is 0.973 bits per heavy atom. The highest BCUT2D eigenvalue weighted by atomic mass is 32.2. The highest BCUT2D eigenvalue weighted by Gasteiger charge is 2.30. The summed E-state index contributed by atoms with van der Waals surface area (Å²) in [5.41, 5.74) is 0.850. The molecule has 0 aliphatic carbocycles. The average molecular weight is 531 g/mol. The van der Waals surface area contributed by atoms with E-state index in [-0.39, 0.29) is 16.3 Å². The zero-order chi connectivity index (χ0) is 26.8. The zero-order valence-corrected chi connectivity index (χ0v) is 21.9. The second kappa shape index (κ2) is 13.0. The lowest BCUT2D eigenvalue weighted by Crippen LogP contribution is -2.41. The number of hydrogen-bond acceptors (Lipinski definition) is 6. The Kier molecular flexibility index (Phi) is 9.73. The standard InChI is InChI=1S/C27H31FN2O6S/c1-4-36-21-13-11-20(12-14-21)8-7-17-29-27(31)19-30(24-10-6-5-9-23(24)28)37(32,33)22-15-16-25(34-2)26(18-22)35-3/h5-6,9-16,18H,4,7-8,17,19H2,1-3H3,(H,29,31). The maximum atomic E-state index is 14.7. The molecular formula is C27H31FN2O6S. The first-order chi connectivity index (χ1) is 17.8. The first kappa shape index (κ1) is 27.8. The van der Waals surface area contributed by atoms with Crippen LogP contribution < -0.4 is 23.8 Å². The van der Waals surface area contributed by atoms with Crippen molar-refractivity contribution >= 4 is 21.6 Å². The molecule has 0 unspecified atom stereocenters. The summed E-state index contributed by atoms with van der Waals surface area (Å²) in [6.07, 6.45) is 1.36. The Morgan fingerprint density at radius 2 is 1.68 bits per heavy atom. The monoisotopic (exact) mass is 530 g/mol. The van der Waals surface area contributed by atoms with E-state index < -0.39 is 28.3 Å². The van der Waals surface area contributed by atoms with Gasteiger partial charge in [0.05, 0.1) is 31.4 Å². The van der Waals surface area contributed by atoms with Gasteiger partial charge >= 0.3 is 0 Å². The zero-order valence-electron chi connectivity index (χ0n) is 21.1. The average Bonchev–Trinajstić information content (AvgIpc) is 2.90. The highest BCUT2D eigenvalue weighted by molar-refractivity contribution is 7.92. The van der Waals surface area contributed by atoms with Crippen molar-refractivity contribution in [1.29, 1.82) is 0 Å². The van der Waals surface area contributed by atoms with Crippen molar-refractivity contribution in [2.75, 3.05) is 38.2 Å². The molecule has 8 nitrogen and oxygen atoms in total. The SMILES string of the molecule is CCOc1ccc(CCCNC(=O)CN(c2ccccc2F)S(=O)(=O)c2ccc(OC)c(OC)c2)cc1. The second-order valence-electron chi connectivity index (χ2n) is 8.01. The molecule has 0 saturated heterocycles. The van der Waals surface area contributed by atoms with Gasteiger partial charge in [0.25, 0.3) is 10.0 Å². The van der Waals surface area contributed by atoms with Crippen molar-refractivity contribution in [1.82, 2.24) is 5.32 Å². The molecule has 3 aromatic carbocycles. The molecule has 3 aromatic rings. The quantitative estimate of drug-likeness (QED) is 0.333. The van der Waals surface area contributed by atoms with Crippen LogP contribution in [0.1, 0.15) is 18.9 Å². The summed E-state index contributed by atoms with van der Waals surface area (Å²) in [6.45, 7) is 2.24. The van der Waals surface area contributed by atoms with Gasteiger partial charge in [-0.15, -0.1) is 0 Å². The number of anilines is 1. The Morgan fingerprint density at radius 3 is 2.32 bits per heavy atom. The number of rotatable bonds is 13. The van der Waals surface area contributed by atoms with E-state index in [4.69, 9.17) is 14.2 Å². The van der Waals surface area contributed by atoms with Gasteiger partial charge in [-0.05, 0) is 61.7 Å². The van der Waals surface area contributed by atoms with Crippen molar-refractivity contribution in [2.45, 2.75) is 24.7 Å². The summed E-state index contributed by atoms with van der Waals surface area (Å²) >= 11 is 0. The van der Waals surface area contributed by atoms with E-state index in [1.165, 1.54) is 50.6 Å². The summed E-state index contributed by atoms with van der Waals surface area (Å²) in [5, 5.41) is 2.73. The molecule has 3 rings (SSSR count). The van der Waals surface area contributed by atoms with Crippen molar-refractivity contribution in [3.8, 4) is 17.2 Å². The molecule has 10 heteroatoms. The molecule has 1 amide bonds. The normalized spacial score (nSPS) is 11.0. The van der Waals surface area contributed by atoms with Crippen LogP contribution in [-0.2, 0) is 21.2 Å².